The minimum Gasteiger partial charge on any atom is -0.488 e. The lowest BCUT2D eigenvalue weighted by atomic mass is 10.1. The zero-order valence-corrected chi connectivity index (χ0v) is 15.4. The summed E-state index contributed by atoms with van der Waals surface area (Å²) in [4.78, 5) is 14.2. The third kappa shape index (κ3) is 3.91. The molecule has 1 amide bonds. The second-order valence-corrected chi connectivity index (χ2v) is 7.34. The van der Waals surface area contributed by atoms with Crippen LogP contribution in [0.5, 0.6) is 5.75 Å². The van der Waals surface area contributed by atoms with Gasteiger partial charge in [0.2, 0.25) is 0 Å². The van der Waals surface area contributed by atoms with Crippen molar-refractivity contribution in [2.45, 2.75) is 13.5 Å². The van der Waals surface area contributed by atoms with Crippen LogP contribution >= 0.6 is 24.0 Å². The highest BCUT2D eigenvalue weighted by Gasteiger charge is 2.28. The second kappa shape index (κ2) is 7.37. The molecule has 3 rings (SSSR count). The second-order valence-electron chi connectivity index (χ2n) is 5.66. The highest BCUT2D eigenvalue weighted by molar-refractivity contribution is 8.26. The number of ether oxygens (including phenoxy) is 1. The van der Waals surface area contributed by atoms with Crippen molar-refractivity contribution in [3.8, 4) is 5.75 Å². The van der Waals surface area contributed by atoms with Gasteiger partial charge in [-0.3, -0.25) is 9.69 Å². The van der Waals surface area contributed by atoms with Crippen LogP contribution in [0.1, 0.15) is 16.7 Å². The molecular weight excluding hydrogens is 357 g/mol. The van der Waals surface area contributed by atoms with E-state index in [2.05, 4.69) is 0 Å². The largest absolute Gasteiger partial charge is 0.488 e. The van der Waals surface area contributed by atoms with Gasteiger partial charge in [-0.2, -0.15) is 0 Å². The van der Waals surface area contributed by atoms with E-state index in [-0.39, 0.29) is 18.3 Å². The van der Waals surface area contributed by atoms with E-state index in [4.69, 9.17) is 17.0 Å². The van der Waals surface area contributed by atoms with Gasteiger partial charge in [0.25, 0.3) is 5.91 Å². The molecule has 1 aliphatic heterocycles. The Morgan fingerprint density at radius 2 is 2.04 bits per heavy atom. The molecule has 6 heteroatoms. The smallest absolute Gasteiger partial charge is 0.265 e. The summed E-state index contributed by atoms with van der Waals surface area (Å²) in [7, 11) is 1.66. The number of thiocarbonyl (C=S) groups is 1. The number of benzene rings is 2. The standard InChI is InChI=1S/C19H16FNO2S2/c1-12-7-8-16(23-11-13-5-3-4-6-15(13)20)14(9-12)10-17-18(22)21(2)19(24)25-17/h3-10H,11H2,1-2H3/b17-10+. The molecule has 2 aromatic rings. The van der Waals surface area contributed by atoms with Crippen molar-refractivity contribution in [2.24, 2.45) is 0 Å². The summed E-state index contributed by atoms with van der Waals surface area (Å²) in [5.74, 6) is 0.162. The van der Waals surface area contributed by atoms with Crippen molar-refractivity contribution in [3.63, 3.8) is 0 Å². The van der Waals surface area contributed by atoms with Crippen molar-refractivity contribution in [3.05, 3.63) is 69.9 Å². The average Bonchev–Trinajstić information content (AvgIpc) is 2.82. The van der Waals surface area contributed by atoms with Crippen LogP contribution in [-0.4, -0.2) is 22.2 Å². The van der Waals surface area contributed by atoms with Gasteiger partial charge in [0.1, 0.15) is 22.5 Å². The van der Waals surface area contributed by atoms with Gasteiger partial charge in [-0.05, 0) is 31.2 Å². The van der Waals surface area contributed by atoms with Gasteiger partial charge in [-0.1, -0.05) is 53.8 Å². The number of likely N-dealkylation sites (N-methyl/N-ethyl adjacent to an activating group) is 1. The topological polar surface area (TPSA) is 29.5 Å². The molecule has 0 N–H and O–H groups in total. The summed E-state index contributed by atoms with van der Waals surface area (Å²) < 4.78 is 20.1. The molecule has 3 nitrogen and oxygen atoms in total. The first-order chi connectivity index (χ1) is 12.0. The summed E-state index contributed by atoms with van der Waals surface area (Å²) >= 11 is 6.42. The quantitative estimate of drug-likeness (QED) is 0.581. The third-order valence-corrected chi connectivity index (χ3v) is 5.26. The number of aryl methyl sites for hydroxylation is 1. The molecule has 25 heavy (non-hydrogen) atoms. The van der Waals surface area contributed by atoms with E-state index < -0.39 is 0 Å². The Balaban J connectivity index is 1.88. The van der Waals surface area contributed by atoms with E-state index in [1.54, 1.807) is 31.3 Å². The van der Waals surface area contributed by atoms with E-state index in [9.17, 15) is 9.18 Å². The van der Waals surface area contributed by atoms with Gasteiger partial charge in [0.05, 0.1) is 4.91 Å². The zero-order chi connectivity index (χ0) is 18.0. The number of thioether (sulfide) groups is 1. The monoisotopic (exact) mass is 373 g/mol. The number of carbonyl (C=O) groups is 1. The molecule has 0 aliphatic carbocycles. The molecule has 1 heterocycles. The van der Waals surface area contributed by atoms with Crippen LogP contribution in [0.15, 0.2) is 47.4 Å². The van der Waals surface area contributed by atoms with Gasteiger partial charge >= 0.3 is 0 Å². The molecule has 1 fully saturated rings. The van der Waals surface area contributed by atoms with E-state index >= 15 is 0 Å². The van der Waals surface area contributed by atoms with E-state index in [0.717, 1.165) is 11.1 Å². The number of hydrogen-bond donors (Lipinski definition) is 0. The van der Waals surface area contributed by atoms with Crippen LogP contribution < -0.4 is 4.74 Å². The summed E-state index contributed by atoms with van der Waals surface area (Å²) in [6.45, 7) is 2.08. The van der Waals surface area contributed by atoms with Gasteiger partial charge < -0.3 is 4.74 Å². The first-order valence-corrected chi connectivity index (χ1v) is 8.86. The van der Waals surface area contributed by atoms with Crippen LogP contribution in [0.25, 0.3) is 6.08 Å². The van der Waals surface area contributed by atoms with Gasteiger partial charge in [-0.15, -0.1) is 0 Å². The summed E-state index contributed by atoms with van der Waals surface area (Å²) in [5.41, 5.74) is 2.29. The predicted molar refractivity (Wildman–Crippen MR) is 103 cm³/mol. The van der Waals surface area contributed by atoms with Crippen molar-refractivity contribution >= 4 is 40.3 Å². The molecule has 0 bridgehead atoms. The van der Waals surface area contributed by atoms with Gasteiger partial charge in [0.15, 0.2) is 0 Å². The Labute approximate surface area is 155 Å². The van der Waals surface area contributed by atoms with E-state index in [0.29, 0.717) is 20.5 Å². The number of halogens is 1. The number of hydrogen-bond acceptors (Lipinski definition) is 4. The predicted octanol–water partition coefficient (Wildman–Crippen LogP) is 4.54. The number of amides is 1. The molecule has 0 saturated carbocycles. The Morgan fingerprint density at radius 1 is 1.28 bits per heavy atom. The SMILES string of the molecule is Cc1ccc(OCc2ccccc2F)c(/C=C2/SC(=S)N(C)C2=O)c1. The number of nitrogens with zero attached hydrogens (tertiary/aromatic N) is 1. The lowest BCUT2D eigenvalue weighted by Gasteiger charge is -2.11. The first kappa shape index (κ1) is 17.6. The summed E-state index contributed by atoms with van der Waals surface area (Å²) in [6, 6.07) is 12.2. The fraction of sp³-hybridized carbons (Fsp3) is 0.158. The molecule has 0 unspecified atom stereocenters. The summed E-state index contributed by atoms with van der Waals surface area (Å²) in [5, 5.41) is 0. The molecule has 2 aromatic carbocycles. The van der Waals surface area contributed by atoms with Crippen molar-refractivity contribution < 1.29 is 13.9 Å². The lowest BCUT2D eigenvalue weighted by Crippen LogP contribution is -2.22. The number of carbonyl (C=O) groups excluding carboxylic acids is 1. The molecule has 128 valence electrons. The van der Waals surface area contributed by atoms with Crippen LogP contribution in [0.4, 0.5) is 4.39 Å². The highest BCUT2D eigenvalue weighted by atomic mass is 32.2. The van der Waals surface area contributed by atoms with E-state index in [1.807, 2.05) is 25.1 Å². The van der Waals surface area contributed by atoms with Crippen molar-refractivity contribution in [1.29, 1.82) is 0 Å². The van der Waals surface area contributed by atoms with E-state index in [1.165, 1.54) is 22.7 Å². The molecular formula is C19H16FNO2S2. The molecule has 0 radical (unpaired) electrons. The normalized spacial score (nSPS) is 16.0. The Morgan fingerprint density at radius 3 is 2.72 bits per heavy atom. The van der Waals surface area contributed by atoms with Crippen LogP contribution in [0.2, 0.25) is 0 Å². The lowest BCUT2D eigenvalue weighted by molar-refractivity contribution is -0.121. The maximum atomic E-state index is 13.8. The fourth-order valence-electron chi connectivity index (χ4n) is 2.37. The van der Waals surface area contributed by atoms with Crippen molar-refractivity contribution in [2.75, 3.05) is 7.05 Å². The molecule has 0 atom stereocenters. The third-order valence-electron chi connectivity index (χ3n) is 3.78. The Kier molecular flexibility index (Phi) is 5.20. The number of rotatable bonds is 4. The van der Waals surface area contributed by atoms with Crippen LogP contribution in [-0.2, 0) is 11.4 Å². The average molecular weight is 373 g/mol. The maximum absolute atomic E-state index is 13.8. The Bertz CT molecular complexity index is 879. The minimum atomic E-state index is -0.303. The fourth-order valence-corrected chi connectivity index (χ4v) is 3.54. The first-order valence-electron chi connectivity index (χ1n) is 7.64. The van der Waals surface area contributed by atoms with Gasteiger partial charge in [-0.25, -0.2) is 4.39 Å². The van der Waals surface area contributed by atoms with Crippen LogP contribution in [0, 0.1) is 12.7 Å². The molecule has 0 spiro atoms. The maximum Gasteiger partial charge on any atom is 0.265 e. The zero-order valence-electron chi connectivity index (χ0n) is 13.8. The molecule has 1 aliphatic rings. The Hall–Kier alpha value is -2.18. The van der Waals surface area contributed by atoms with Gasteiger partial charge in [0, 0.05) is 18.2 Å². The molecule has 1 saturated heterocycles. The minimum absolute atomic E-state index is 0.116. The summed E-state index contributed by atoms with van der Waals surface area (Å²) in [6.07, 6.45) is 1.77. The van der Waals surface area contributed by atoms with Crippen LogP contribution in [0.3, 0.4) is 0 Å². The molecule has 0 aromatic heterocycles. The highest BCUT2D eigenvalue weighted by Crippen LogP contribution is 2.33. The van der Waals surface area contributed by atoms with Crippen molar-refractivity contribution in [1.82, 2.24) is 4.90 Å².